The molecule has 5 bridgehead atoms. The third-order valence-electron chi connectivity index (χ3n) is 9.54. The first-order chi connectivity index (χ1) is 17.3. The molecule has 0 radical (unpaired) electrons. The number of carbonyl (C=O) groups is 2. The van der Waals surface area contributed by atoms with Crippen LogP contribution >= 0.6 is 0 Å². The molecule has 3 saturated heterocycles. The van der Waals surface area contributed by atoms with Gasteiger partial charge in [0.2, 0.25) is 0 Å². The summed E-state index contributed by atoms with van der Waals surface area (Å²) in [4.78, 5) is 63.3. The Labute approximate surface area is 205 Å². The number of hydrogen-bond acceptors (Lipinski definition) is 9. The van der Waals surface area contributed by atoms with Crippen molar-refractivity contribution < 1.29 is 28.5 Å². The van der Waals surface area contributed by atoms with Crippen molar-refractivity contribution in [1.29, 1.82) is 0 Å². The maximum atomic E-state index is 12.9. The van der Waals surface area contributed by atoms with Crippen molar-refractivity contribution in [2.24, 2.45) is 36.6 Å². The summed E-state index contributed by atoms with van der Waals surface area (Å²) >= 11 is 0. The lowest BCUT2D eigenvalue weighted by Crippen LogP contribution is -2.55. The van der Waals surface area contributed by atoms with Crippen LogP contribution in [0.3, 0.4) is 0 Å². The first-order valence-corrected chi connectivity index (χ1v) is 12.8. The molecule has 7 fully saturated rings. The predicted octanol–water partition coefficient (Wildman–Crippen LogP) is -1.21. The molecule has 194 valence electrons. The van der Waals surface area contributed by atoms with Gasteiger partial charge in [0.05, 0.1) is 48.8 Å². The van der Waals surface area contributed by atoms with E-state index in [0.717, 1.165) is 45.8 Å². The lowest BCUT2D eigenvalue weighted by Gasteiger charge is -2.46. The van der Waals surface area contributed by atoms with E-state index in [1.165, 1.54) is 7.05 Å². The summed E-state index contributed by atoms with van der Waals surface area (Å²) in [7, 11) is 1.27. The lowest BCUT2D eigenvalue weighted by atomic mass is 9.79. The molecule has 7 aliphatic rings. The average molecular weight is 504 g/mol. The van der Waals surface area contributed by atoms with E-state index in [9.17, 15) is 24.0 Å². The standard InChI is InChI=1S/C24H29N3O9/c1-25-21(30)26(2-4-33-19(28)14-7-11-6-13(14)18-17(11)35-18)23(32)27(22(25)31)3-5-34-20(29)15-8-12-9-24(15)10-16(12)36-24/h11-18H,2-10H2,1H3. The van der Waals surface area contributed by atoms with Gasteiger partial charge in [0.25, 0.3) is 0 Å². The largest absolute Gasteiger partial charge is 0.464 e. The van der Waals surface area contributed by atoms with E-state index in [0.29, 0.717) is 17.9 Å². The summed E-state index contributed by atoms with van der Waals surface area (Å²) in [6, 6.07) is 0. The molecule has 0 amide bonds. The predicted molar refractivity (Wildman–Crippen MR) is 119 cm³/mol. The maximum absolute atomic E-state index is 12.9. The van der Waals surface area contributed by atoms with E-state index in [-0.39, 0.29) is 73.8 Å². The van der Waals surface area contributed by atoms with Crippen LogP contribution in [0, 0.1) is 29.6 Å². The number of aromatic nitrogens is 3. The lowest BCUT2D eigenvalue weighted by molar-refractivity contribution is -0.218. The monoisotopic (exact) mass is 503 g/mol. The Hall–Kier alpha value is -2.73. The Morgan fingerprint density at radius 1 is 0.889 bits per heavy atom. The summed E-state index contributed by atoms with van der Waals surface area (Å²) in [6.07, 6.45) is 5.05. The zero-order valence-electron chi connectivity index (χ0n) is 20.0. The summed E-state index contributed by atoms with van der Waals surface area (Å²) < 4.78 is 24.8. The Bertz CT molecular complexity index is 1320. The normalized spacial score (nSPS) is 40.1. The van der Waals surface area contributed by atoms with Crippen LogP contribution in [-0.4, -0.2) is 62.8 Å². The van der Waals surface area contributed by atoms with Gasteiger partial charge in [-0.3, -0.25) is 9.59 Å². The molecule has 0 N–H and O–H groups in total. The molecule has 8 rings (SSSR count). The minimum Gasteiger partial charge on any atom is -0.464 e. The van der Waals surface area contributed by atoms with Crippen LogP contribution in [0.25, 0.3) is 0 Å². The van der Waals surface area contributed by atoms with Crippen molar-refractivity contribution in [1.82, 2.24) is 13.7 Å². The SMILES string of the molecule is Cn1c(=O)n(CCOC(=O)C2CC3CC2C2OC32)c(=O)n(CCOC(=O)C2CC3CC24CC3O4)c1=O. The first kappa shape index (κ1) is 22.5. The van der Waals surface area contributed by atoms with Gasteiger partial charge in [-0.25, -0.2) is 28.1 Å². The Morgan fingerprint density at radius 2 is 1.56 bits per heavy atom. The topological polar surface area (TPSA) is 140 Å². The summed E-state index contributed by atoms with van der Waals surface area (Å²) in [5.41, 5.74) is -2.79. The third-order valence-corrected chi connectivity index (χ3v) is 9.54. The zero-order valence-corrected chi connectivity index (χ0v) is 20.0. The van der Waals surface area contributed by atoms with Crippen LogP contribution in [0.15, 0.2) is 14.4 Å². The van der Waals surface area contributed by atoms with Crippen molar-refractivity contribution in [3.05, 3.63) is 31.5 Å². The molecule has 9 unspecified atom stereocenters. The second kappa shape index (κ2) is 7.64. The summed E-state index contributed by atoms with van der Waals surface area (Å²) in [6.45, 7) is -0.685. The van der Waals surface area contributed by atoms with Gasteiger partial charge in [-0.1, -0.05) is 0 Å². The average Bonchev–Trinajstić information content (AvgIpc) is 3.22. The fraction of sp³-hybridized carbons (Fsp3) is 0.792. The van der Waals surface area contributed by atoms with E-state index >= 15 is 0 Å². The number of esters is 2. The van der Waals surface area contributed by atoms with E-state index in [4.69, 9.17) is 18.9 Å². The maximum Gasteiger partial charge on any atom is 0.336 e. The van der Waals surface area contributed by atoms with Gasteiger partial charge in [-0.05, 0) is 37.5 Å². The van der Waals surface area contributed by atoms with Gasteiger partial charge < -0.3 is 18.9 Å². The van der Waals surface area contributed by atoms with Crippen LogP contribution < -0.4 is 17.1 Å². The molecule has 4 saturated carbocycles. The molecule has 12 nitrogen and oxygen atoms in total. The summed E-state index contributed by atoms with van der Waals surface area (Å²) in [5, 5.41) is 0. The van der Waals surface area contributed by atoms with E-state index in [1.54, 1.807) is 0 Å². The number of rotatable bonds is 8. The highest BCUT2D eigenvalue weighted by Crippen LogP contribution is 2.64. The van der Waals surface area contributed by atoms with Gasteiger partial charge >= 0.3 is 29.0 Å². The van der Waals surface area contributed by atoms with Gasteiger partial charge in [0.15, 0.2) is 0 Å². The summed E-state index contributed by atoms with van der Waals surface area (Å²) in [5.74, 6) is -0.169. The molecule has 9 atom stereocenters. The van der Waals surface area contributed by atoms with Gasteiger partial charge in [0.1, 0.15) is 13.2 Å². The van der Waals surface area contributed by atoms with Crippen LogP contribution in [0.1, 0.15) is 32.1 Å². The Kier molecular flexibility index (Phi) is 4.77. The molecule has 1 spiro atoms. The van der Waals surface area contributed by atoms with E-state index in [2.05, 4.69) is 0 Å². The quantitative estimate of drug-likeness (QED) is 0.316. The Morgan fingerprint density at radius 3 is 2.11 bits per heavy atom. The minimum atomic E-state index is -0.826. The fourth-order valence-electron chi connectivity index (χ4n) is 7.72. The molecule has 4 aliphatic carbocycles. The van der Waals surface area contributed by atoms with Crippen LogP contribution in [-0.2, 0) is 48.7 Å². The van der Waals surface area contributed by atoms with E-state index < -0.39 is 17.1 Å². The van der Waals surface area contributed by atoms with Gasteiger partial charge in [-0.15, -0.1) is 0 Å². The van der Waals surface area contributed by atoms with Crippen LogP contribution in [0.4, 0.5) is 0 Å². The van der Waals surface area contributed by atoms with Gasteiger partial charge in [0, 0.05) is 19.4 Å². The van der Waals surface area contributed by atoms with E-state index in [1.807, 2.05) is 0 Å². The first-order valence-electron chi connectivity index (χ1n) is 12.8. The smallest absolute Gasteiger partial charge is 0.336 e. The highest BCUT2D eigenvalue weighted by molar-refractivity contribution is 5.75. The van der Waals surface area contributed by atoms with Gasteiger partial charge in [-0.2, -0.15) is 0 Å². The number of hydrogen-bond donors (Lipinski definition) is 0. The highest BCUT2D eigenvalue weighted by atomic mass is 16.6. The third kappa shape index (κ3) is 3.09. The second-order valence-corrected chi connectivity index (χ2v) is 11.3. The molecule has 4 heterocycles. The van der Waals surface area contributed by atoms with Crippen molar-refractivity contribution in [2.75, 3.05) is 13.2 Å². The van der Waals surface area contributed by atoms with Crippen LogP contribution in [0.5, 0.6) is 0 Å². The van der Waals surface area contributed by atoms with Crippen molar-refractivity contribution in [3.8, 4) is 0 Å². The van der Waals surface area contributed by atoms with Crippen molar-refractivity contribution >= 4 is 11.9 Å². The molecular formula is C24H29N3O9. The number of nitrogens with zero attached hydrogens (tertiary/aromatic N) is 3. The highest BCUT2D eigenvalue weighted by Gasteiger charge is 2.69. The molecule has 3 aliphatic heterocycles. The number of ether oxygens (including phenoxy) is 4. The fourth-order valence-corrected chi connectivity index (χ4v) is 7.72. The van der Waals surface area contributed by atoms with Crippen molar-refractivity contribution in [2.45, 2.75) is 69.1 Å². The minimum absolute atomic E-state index is 0.157. The van der Waals surface area contributed by atoms with Crippen molar-refractivity contribution in [3.63, 3.8) is 0 Å². The Balaban J connectivity index is 0.977. The molecule has 1 aromatic rings. The zero-order chi connectivity index (χ0) is 24.9. The molecular weight excluding hydrogens is 474 g/mol. The second-order valence-electron chi connectivity index (χ2n) is 11.3. The number of fused-ring (bicyclic) bond motifs is 5. The molecule has 12 heteroatoms. The number of carbonyl (C=O) groups excluding carboxylic acids is 2. The van der Waals surface area contributed by atoms with Crippen LogP contribution in [0.2, 0.25) is 0 Å². The molecule has 1 aromatic heterocycles. The number of epoxide rings is 1. The molecule has 36 heavy (non-hydrogen) atoms. The molecule has 0 aromatic carbocycles.